The molecule has 0 saturated heterocycles. The first-order valence-corrected chi connectivity index (χ1v) is 7.39. The van der Waals surface area contributed by atoms with Crippen molar-refractivity contribution in [1.29, 1.82) is 0 Å². The molecule has 2 heteroatoms. The van der Waals surface area contributed by atoms with Crippen molar-refractivity contribution in [2.24, 2.45) is 0 Å². The van der Waals surface area contributed by atoms with Gasteiger partial charge < -0.3 is 9.84 Å². The van der Waals surface area contributed by atoms with Gasteiger partial charge in [-0.2, -0.15) is 0 Å². The second-order valence-corrected chi connectivity index (χ2v) is 5.03. The van der Waals surface area contributed by atoms with Crippen LogP contribution in [-0.4, -0.2) is 5.11 Å². The van der Waals surface area contributed by atoms with Crippen molar-refractivity contribution in [3.63, 3.8) is 0 Å². The lowest BCUT2D eigenvalue weighted by Crippen LogP contribution is -1.94. The first-order chi connectivity index (χ1) is 11.3. The lowest BCUT2D eigenvalue weighted by atomic mass is 10.1. The van der Waals surface area contributed by atoms with E-state index in [1.807, 2.05) is 78.9 Å². The molecule has 0 aliphatic rings. The molecule has 0 aromatic heterocycles. The molecule has 0 aliphatic heterocycles. The molecule has 0 heterocycles. The Kier molecular flexibility index (Phi) is 4.73. The standard InChI is InChI=1S/C21H16O2/c22-21(15-14-17-8-3-1-4-9-17)18-10-7-13-20(16-18)23-19-11-5-2-6-12-19/h1-13,16,21-22H. The maximum atomic E-state index is 10.2. The quantitative estimate of drug-likeness (QED) is 0.718. The highest BCUT2D eigenvalue weighted by Gasteiger charge is 2.05. The molecule has 1 N–H and O–H groups in total. The summed E-state index contributed by atoms with van der Waals surface area (Å²) in [7, 11) is 0. The monoisotopic (exact) mass is 300 g/mol. The zero-order valence-corrected chi connectivity index (χ0v) is 12.5. The third-order valence-electron chi connectivity index (χ3n) is 3.28. The molecule has 0 fully saturated rings. The minimum absolute atomic E-state index is 0.675. The molecule has 3 aromatic rings. The SMILES string of the molecule is OC(C#Cc1ccccc1)c1cccc(Oc2ccccc2)c1. The van der Waals surface area contributed by atoms with Crippen molar-refractivity contribution >= 4 is 0 Å². The van der Waals surface area contributed by atoms with Crippen LogP contribution < -0.4 is 4.74 Å². The number of rotatable bonds is 3. The fourth-order valence-electron chi connectivity index (χ4n) is 2.13. The summed E-state index contributed by atoms with van der Waals surface area (Å²) in [5.74, 6) is 7.26. The lowest BCUT2D eigenvalue weighted by molar-refractivity contribution is 0.238. The Hall–Kier alpha value is -3.02. The van der Waals surface area contributed by atoms with E-state index in [0.29, 0.717) is 11.3 Å². The maximum Gasteiger partial charge on any atom is 0.140 e. The molecule has 3 rings (SSSR count). The van der Waals surface area contributed by atoms with Crippen molar-refractivity contribution in [3.05, 3.63) is 96.1 Å². The number of hydrogen-bond acceptors (Lipinski definition) is 2. The largest absolute Gasteiger partial charge is 0.457 e. The molecule has 0 spiro atoms. The summed E-state index contributed by atoms with van der Waals surface area (Å²) >= 11 is 0. The molecule has 112 valence electrons. The third kappa shape index (κ3) is 4.23. The van der Waals surface area contributed by atoms with Gasteiger partial charge in [0.25, 0.3) is 0 Å². The van der Waals surface area contributed by atoms with E-state index in [9.17, 15) is 5.11 Å². The van der Waals surface area contributed by atoms with Gasteiger partial charge in [-0.25, -0.2) is 0 Å². The second-order valence-electron chi connectivity index (χ2n) is 5.03. The Morgan fingerprint density at radius 1 is 0.739 bits per heavy atom. The van der Waals surface area contributed by atoms with E-state index in [2.05, 4.69) is 11.8 Å². The molecule has 0 amide bonds. The van der Waals surface area contributed by atoms with Crippen molar-refractivity contribution in [1.82, 2.24) is 0 Å². The molecular weight excluding hydrogens is 284 g/mol. The minimum atomic E-state index is -0.852. The summed E-state index contributed by atoms with van der Waals surface area (Å²) in [6.45, 7) is 0. The predicted molar refractivity (Wildman–Crippen MR) is 91.2 cm³/mol. The molecule has 2 nitrogen and oxygen atoms in total. The molecule has 0 saturated carbocycles. The van der Waals surface area contributed by atoms with Crippen LogP contribution in [0.1, 0.15) is 17.2 Å². The normalized spacial score (nSPS) is 11.2. The van der Waals surface area contributed by atoms with E-state index >= 15 is 0 Å². The molecule has 3 aromatic carbocycles. The highest BCUT2D eigenvalue weighted by molar-refractivity contribution is 5.39. The molecule has 1 atom stereocenters. The number of benzene rings is 3. The van der Waals surface area contributed by atoms with Crippen LogP contribution >= 0.6 is 0 Å². The Morgan fingerprint density at radius 2 is 1.39 bits per heavy atom. The van der Waals surface area contributed by atoms with Crippen LogP contribution in [0.3, 0.4) is 0 Å². The van der Waals surface area contributed by atoms with Crippen molar-refractivity contribution < 1.29 is 9.84 Å². The Labute approximate surface area is 136 Å². The van der Waals surface area contributed by atoms with Gasteiger partial charge in [-0.15, -0.1) is 0 Å². The van der Waals surface area contributed by atoms with Gasteiger partial charge in [0.05, 0.1) is 0 Å². The zero-order valence-electron chi connectivity index (χ0n) is 12.5. The number of aliphatic hydroxyl groups excluding tert-OH is 1. The highest BCUT2D eigenvalue weighted by atomic mass is 16.5. The van der Waals surface area contributed by atoms with Gasteiger partial charge in [0, 0.05) is 5.56 Å². The summed E-state index contributed by atoms with van der Waals surface area (Å²) < 4.78 is 5.77. The fraction of sp³-hybridized carbons (Fsp3) is 0.0476. The number of para-hydroxylation sites is 1. The van der Waals surface area contributed by atoms with Crippen molar-refractivity contribution in [3.8, 4) is 23.3 Å². The third-order valence-corrected chi connectivity index (χ3v) is 3.28. The van der Waals surface area contributed by atoms with E-state index in [-0.39, 0.29) is 0 Å². The molecule has 23 heavy (non-hydrogen) atoms. The maximum absolute atomic E-state index is 10.2. The summed E-state index contributed by atoms with van der Waals surface area (Å²) in [5, 5.41) is 10.2. The average molecular weight is 300 g/mol. The van der Waals surface area contributed by atoms with Gasteiger partial charge in [0.15, 0.2) is 0 Å². The van der Waals surface area contributed by atoms with Crippen LogP contribution in [0.15, 0.2) is 84.9 Å². The van der Waals surface area contributed by atoms with E-state index in [0.717, 1.165) is 11.3 Å². The van der Waals surface area contributed by atoms with Gasteiger partial charge in [-0.05, 0) is 42.0 Å². The topological polar surface area (TPSA) is 29.5 Å². The van der Waals surface area contributed by atoms with Gasteiger partial charge in [-0.1, -0.05) is 60.4 Å². The lowest BCUT2D eigenvalue weighted by Gasteiger charge is -2.08. The van der Waals surface area contributed by atoms with E-state index < -0.39 is 6.10 Å². The second kappa shape index (κ2) is 7.31. The number of aliphatic hydroxyl groups is 1. The van der Waals surface area contributed by atoms with Crippen LogP contribution in [0.5, 0.6) is 11.5 Å². The average Bonchev–Trinajstić information content (AvgIpc) is 2.62. The molecule has 1 unspecified atom stereocenters. The van der Waals surface area contributed by atoms with Gasteiger partial charge in [-0.3, -0.25) is 0 Å². The molecular formula is C21H16O2. The minimum Gasteiger partial charge on any atom is -0.457 e. The summed E-state index contributed by atoms with van der Waals surface area (Å²) in [5.41, 5.74) is 1.59. The van der Waals surface area contributed by atoms with Crippen LogP contribution in [0.4, 0.5) is 0 Å². The van der Waals surface area contributed by atoms with Crippen LogP contribution in [0, 0.1) is 11.8 Å². The van der Waals surface area contributed by atoms with Crippen molar-refractivity contribution in [2.45, 2.75) is 6.10 Å². The van der Waals surface area contributed by atoms with Crippen LogP contribution in [-0.2, 0) is 0 Å². The van der Waals surface area contributed by atoms with Crippen LogP contribution in [0.25, 0.3) is 0 Å². The first-order valence-electron chi connectivity index (χ1n) is 7.39. The fourth-order valence-corrected chi connectivity index (χ4v) is 2.13. The Balaban J connectivity index is 1.76. The van der Waals surface area contributed by atoms with Gasteiger partial charge in [0.2, 0.25) is 0 Å². The zero-order chi connectivity index (χ0) is 15.9. The van der Waals surface area contributed by atoms with E-state index in [4.69, 9.17) is 4.74 Å². The number of hydrogen-bond donors (Lipinski definition) is 1. The number of ether oxygens (including phenoxy) is 1. The summed E-state index contributed by atoms with van der Waals surface area (Å²) in [6.07, 6.45) is -0.852. The van der Waals surface area contributed by atoms with E-state index in [1.54, 1.807) is 6.07 Å². The Morgan fingerprint density at radius 3 is 2.13 bits per heavy atom. The highest BCUT2D eigenvalue weighted by Crippen LogP contribution is 2.24. The van der Waals surface area contributed by atoms with Gasteiger partial charge in [0.1, 0.15) is 17.6 Å². The van der Waals surface area contributed by atoms with Gasteiger partial charge >= 0.3 is 0 Å². The summed E-state index contributed by atoms with van der Waals surface area (Å²) in [4.78, 5) is 0. The first kappa shape index (κ1) is 14.9. The summed E-state index contributed by atoms with van der Waals surface area (Å²) in [6, 6.07) is 26.5. The van der Waals surface area contributed by atoms with Crippen molar-refractivity contribution in [2.75, 3.05) is 0 Å². The van der Waals surface area contributed by atoms with Crippen LogP contribution in [0.2, 0.25) is 0 Å². The molecule has 0 aliphatic carbocycles. The predicted octanol–water partition coefficient (Wildman–Crippen LogP) is 4.56. The van der Waals surface area contributed by atoms with E-state index in [1.165, 1.54) is 0 Å². The molecule has 0 bridgehead atoms. The Bertz CT molecular complexity index is 814. The molecule has 0 radical (unpaired) electrons. The smallest absolute Gasteiger partial charge is 0.140 e.